The maximum atomic E-state index is 13.6. The number of halogens is 1. The van der Waals surface area contributed by atoms with Gasteiger partial charge in [-0.1, -0.05) is 19.1 Å². The molecule has 0 bridgehead atoms. The van der Waals surface area contributed by atoms with E-state index in [2.05, 4.69) is 38.2 Å². The van der Waals surface area contributed by atoms with E-state index in [1.165, 1.54) is 9.75 Å². The highest BCUT2D eigenvalue weighted by Gasteiger charge is 2.13. The van der Waals surface area contributed by atoms with Crippen molar-refractivity contribution < 1.29 is 4.39 Å². The van der Waals surface area contributed by atoms with E-state index >= 15 is 0 Å². The highest BCUT2D eigenvalue weighted by molar-refractivity contribution is 7.12. The van der Waals surface area contributed by atoms with Crippen molar-refractivity contribution in [2.75, 3.05) is 0 Å². The van der Waals surface area contributed by atoms with Crippen LogP contribution in [0.5, 0.6) is 0 Å². The molecule has 2 atom stereocenters. The zero-order valence-electron chi connectivity index (χ0n) is 12.5. The molecule has 1 aromatic heterocycles. The van der Waals surface area contributed by atoms with Gasteiger partial charge in [0.15, 0.2) is 0 Å². The van der Waals surface area contributed by atoms with Crippen LogP contribution in [0.15, 0.2) is 30.3 Å². The van der Waals surface area contributed by atoms with E-state index in [0.29, 0.717) is 5.56 Å². The van der Waals surface area contributed by atoms with Crippen LogP contribution in [0, 0.1) is 12.7 Å². The van der Waals surface area contributed by atoms with Gasteiger partial charge in [0.2, 0.25) is 0 Å². The second-order valence-corrected chi connectivity index (χ2v) is 6.48. The zero-order valence-corrected chi connectivity index (χ0v) is 13.4. The molecule has 20 heavy (non-hydrogen) atoms. The van der Waals surface area contributed by atoms with Gasteiger partial charge in [0.1, 0.15) is 5.82 Å². The summed E-state index contributed by atoms with van der Waals surface area (Å²) in [4.78, 5) is 2.74. The minimum atomic E-state index is -0.131. The van der Waals surface area contributed by atoms with Crippen LogP contribution in [0.1, 0.15) is 53.7 Å². The first kappa shape index (κ1) is 15.2. The van der Waals surface area contributed by atoms with Crippen LogP contribution < -0.4 is 5.32 Å². The molecule has 2 unspecified atom stereocenters. The highest BCUT2D eigenvalue weighted by atomic mass is 32.1. The molecular weight excluding hydrogens is 269 g/mol. The third-order valence-corrected chi connectivity index (χ3v) is 5.07. The minimum absolute atomic E-state index is 0.131. The molecule has 3 heteroatoms. The first-order valence-corrected chi connectivity index (χ1v) is 7.93. The number of aryl methyl sites for hydroxylation is 2. The zero-order chi connectivity index (χ0) is 14.7. The fraction of sp³-hybridized carbons (Fsp3) is 0.412. The van der Waals surface area contributed by atoms with E-state index in [9.17, 15) is 4.39 Å². The van der Waals surface area contributed by atoms with E-state index in [0.717, 1.165) is 12.0 Å². The fourth-order valence-electron chi connectivity index (χ4n) is 2.25. The molecule has 0 fully saturated rings. The predicted molar refractivity (Wildman–Crippen MR) is 84.8 cm³/mol. The molecule has 0 saturated heterocycles. The molecule has 1 aromatic carbocycles. The molecule has 0 aliphatic carbocycles. The normalized spacial score (nSPS) is 14.2. The van der Waals surface area contributed by atoms with Crippen LogP contribution in [0.4, 0.5) is 4.39 Å². The summed E-state index contributed by atoms with van der Waals surface area (Å²) in [6.45, 7) is 8.20. The third-order valence-electron chi connectivity index (χ3n) is 3.65. The number of benzene rings is 1. The molecule has 0 aliphatic rings. The van der Waals surface area contributed by atoms with Gasteiger partial charge in [-0.05, 0) is 56.5 Å². The molecule has 0 saturated carbocycles. The van der Waals surface area contributed by atoms with Crippen molar-refractivity contribution in [1.29, 1.82) is 0 Å². The van der Waals surface area contributed by atoms with E-state index in [4.69, 9.17) is 0 Å². The Morgan fingerprint density at radius 1 is 1.15 bits per heavy atom. The lowest BCUT2D eigenvalue weighted by molar-refractivity contribution is 0.496. The summed E-state index contributed by atoms with van der Waals surface area (Å²) in [5, 5.41) is 3.54. The largest absolute Gasteiger partial charge is 0.303 e. The van der Waals surface area contributed by atoms with E-state index < -0.39 is 0 Å². The van der Waals surface area contributed by atoms with Gasteiger partial charge in [-0.3, -0.25) is 0 Å². The summed E-state index contributed by atoms with van der Waals surface area (Å²) in [5.74, 6) is -0.131. The average Bonchev–Trinajstić information content (AvgIpc) is 2.90. The first-order valence-electron chi connectivity index (χ1n) is 7.12. The molecule has 0 aliphatic heterocycles. The van der Waals surface area contributed by atoms with Gasteiger partial charge in [0.05, 0.1) is 0 Å². The molecule has 0 radical (unpaired) electrons. The number of hydrogen-bond donors (Lipinski definition) is 1. The molecule has 1 heterocycles. The van der Waals surface area contributed by atoms with Crippen molar-refractivity contribution in [3.05, 3.63) is 57.0 Å². The van der Waals surface area contributed by atoms with Crippen molar-refractivity contribution >= 4 is 11.3 Å². The Bertz CT molecular complexity index is 576. The molecule has 0 amide bonds. The second-order valence-electron chi connectivity index (χ2n) is 5.28. The van der Waals surface area contributed by atoms with Crippen molar-refractivity contribution in [3.8, 4) is 0 Å². The van der Waals surface area contributed by atoms with Gasteiger partial charge >= 0.3 is 0 Å². The van der Waals surface area contributed by atoms with Gasteiger partial charge in [0, 0.05) is 21.8 Å². The van der Waals surface area contributed by atoms with Crippen LogP contribution in [0.2, 0.25) is 0 Å². The second kappa shape index (κ2) is 6.51. The predicted octanol–water partition coefficient (Wildman–Crippen LogP) is 5.17. The number of rotatable bonds is 5. The molecule has 2 aromatic rings. The van der Waals surface area contributed by atoms with Crippen LogP contribution in [0.3, 0.4) is 0 Å². The minimum Gasteiger partial charge on any atom is -0.303 e. The van der Waals surface area contributed by atoms with Gasteiger partial charge < -0.3 is 5.32 Å². The number of nitrogens with one attached hydrogen (secondary N) is 1. The topological polar surface area (TPSA) is 12.0 Å². The number of hydrogen-bond acceptors (Lipinski definition) is 2. The standard InChI is InChI=1S/C17H22FNS/c1-5-15-8-9-17(20-15)13(4)19-12(3)14-7-6-11(2)16(18)10-14/h6-10,12-13,19H,5H2,1-4H3. The van der Waals surface area contributed by atoms with Crippen LogP contribution >= 0.6 is 11.3 Å². The van der Waals surface area contributed by atoms with Gasteiger partial charge in [-0.15, -0.1) is 11.3 Å². The maximum Gasteiger partial charge on any atom is 0.126 e. The average molecular weight is 291 g/mol. The smallest absolute Gasteiger partial charge is 0.126 e. The highest BCUT2D eigenvalue weighted by Crippen LogP contribution is 2.26. The number of thiophene rings is 1. The third kappa shape index (κ3) is 3.47. The van der Waals surface area contributed by atoms with Crippen LogP contribution in [-0.2, 0) is 6.42 Å². The molecule has 1 N–H and O–H groups in total. The van der Waals surface area contributed by atoms with Crippen molar-refractivity contribution in [3.63, 3.8) is 0 Å². The van der Waals surface area contributed by atoms with Crippen molar-refractivity contribution in [1.82, 2.24) is 5.32 Å². The molecular formula is C17H22FNS. The lowest BCUT2D eigenvalue weighted by atomic mass is 10.0. The Balaban J connectivity index is 2.06. The van der Waals surface area contributed by atoms with E-state index in [1.54, 1.807) is 13.0 Å². The van der Waals surface area contributed by atoms with Crippen LogP contribution in [-0.4, -0.2) is 0 Å². The summed E-state index contributed by atoms with van der Waals surface area (Å²) in [6.07, 6.45) is 1.08. The molecule has 1 nitrogen and oxygen atoms in total. The Hall–Kier alpha value is -1.19. The summed E-state index contributed by atoms with van der Waals surface area (Å²) in [6, 6.07) is 10.2. The Labute approximate surface area is 124 Å². The monoisotopic (exact) mass is 291 g/mol. The summed E-state index contributed by atoms with van der Waals surface area (Å²) < 4.78 is 13.6. The molecule has 2 rings (SSSR count). The Morgan fingerprint density at radius 2 is 1.90 bits per heavy atom. The first-order chi connectivity index (χ1) is 9.51. The summed E-state index contributed by atoms with van der Waals surface area (Å²) in [5.41, 5.74) is 1.69. The van der Waals surface area contributed by atoms with Gasteiger partial charge in [0.25, 0.3) is 0 Å². The summed E-state index contributed by atoms with van der Waals surface area (Å²) in [7, 11) is 0. The van der Waals surface area contributed by atoms with Gasteiger partial charge in [-0.25, -0.2) is 4.39 Å². The Morgan fingerprint density at radius 3 is 2.50 bits per heavy atom. The van der Waals surface area contributed by atoms with Crippen LogP contribution in [0.25, 0.3) is 0 Å². The van der Waals surface area contributed by atoms with Gasteiger partial charge in [-0.2, -0.15) is 0 Å². The van der Waals surface area contributed by atoms with Crippen molar-refractivity contribution in [2.24, 2.45) is 0 Å². The Kier molecular flexibility index (Phi) is 4.95. The lowest BCUT2D eigenvalue weighted by Crippen LogP contribution is -2.21. The molecule has 108 valence electrons. The van der Waals surface area contributed by atoms with Crippen molar-refractivity contribution in [2.45, 2.75) is 46.2 Å². The quantitative estimate of drug-likeness (QED) is 0.801. The fourth-order valence-corrected chi connectivity index (χ4v) is 3.21. The summed E-state index contributed by atoms with van der Waals surface area (Å²) >= 11 is 1.85. The SMILES string of the molecule is CCc1ccc(C(C)NC(C)c2ccc(C)c(F)c2)s1. The molecule has 0 spiro atoms. The lowest BCUT2D eigenvalue weighted by Gasteiger charge is -2.20. The van der Waals surface area contributed by atoms with E-state index in [1.807, 2.05) is 23.5 Å². The van der Waals surface area contributed by atoms with E-state index in [-0.39, 0.29) is 17.9 Å². The maximum absolute atomic E-state index is 13.6.